The van der Waals surface area contributed by atoms with E-state index in [1.165, 1.54) is 0 Å². The summed E-state index contributed by atoms with van der Waals surface area (Å²) in [6.07, 6.45) is -3.42. The molecule has 3 saturated heterocycles. The van der Waals surface area contributed by atoms with E-state index in [1.54, 1.807) is 34.6 Å². The van der Waals surface area contributed by atoms with Gasteiger partial charge < -0.3 is 38.8 Å². The van der Waals surface area contributed by atoms with Crippen LogP contribution in [0, 0.1) is 0 Å². The van der Waals surface area contributed by atoms with Crippen molar-refractivity contribution in [2.24, 2.45) is 0 Å². The number of nitrogens with one attached hydrogen (secondary N) is 1. The van der Waals surface area contributed by atoms with Crippen LogP contribution in [0.2, 0.25) is 0 Å². The molecule has 3 aliphatic rings. The first-order valence-corrected chi connectivity index (χ1v) is 10.2. The molecule has 3 rings (SSSR count). The number of hydrogen-bond acceptors (Lipinski definition) is 9. The first-order valence-electron chi connectivity index (χ1n) is 10.2. The van der Waals surface area contributed by atoms with E-state index in [4.69, 9.17) is 28.4 Å². The molecule has 31 heavy (non-hydrogen) atoms. The van der Waals surface area contributed by atoms with Crippen molar-refractivity contribution in [3.05, 3.63) is 0 Å². The van der Waals surface area contributed by atoms with Gasteiger partial charge in [0.25, 0.3) is 0 Å². The maximum atomic E-state index is 12.3. The number of methoxy groups -OCH3 is 1. The van der Waals surface area contributed by atoms with Gasteiger partial charge in [-0.25, -0.2) is 14.4 Å². The smallest absolute Gasteiger partial charge is 0.408 e. The maximum absolute atomic E-state index is 12.3. The molecule has 0 aromatic rings. The van der Waals surface area contributed by atoms with Crippen LogP contribution in [0.5, 0.6) is 0 Å². The molecule has 3 heterocycles. The van der Waals surface area contributed by atoms with Crippen molar-refractivity contribution in [3.8, 4) is 0 Å². The van der Waals surface area contributed by atoms with E-state index in [9.17, 15) is 19.5 Å². The van der Waals surface area contributed by atoms with Gasteiger partial charge in [-0.2, -0.15) is 0 Å². The minimum atomic E-state index is -1.80. The Morgan fingerprint density at radius 3 is 2.35 bits per heavy atom. The van der Waals surface area contributed by atoms with Gasteiger partial charge >= 0.3 is 18.0 Å². The monoisotopic (exact) mass is 445 g/mol. The van der Waals surface area contributed by atoms with Crippen molar-refractivity contribution in [3.63, 3.8) is 0 Å². The van der Waals surface area contributed by atoms with E-state index in [0.29, 0.717) is 0 Å². The van der Waals surface area contributed by atoms with Crippen LogP contribution in [-0.2, 0) is 38.0 Å². The number of ether oxygens (including phenoxy) is 6. The molecular formula is C20H31NO10. The summed E-state index contributed by atoms with van der Waals surface area (Å²) in [6.45, 7) is 8.77. The van der Waals surface area contributed by atoms with Crippen LogP contribution < -0.4 is 5.32 Å². The lowest BCUT2D eigenvalue weighted by Gasteiger charge is -2.33. The third-order valence-corrected chi connectivity index (χ3v) is 5.38. The van der Waals surface area contributed by atoms with Crippen molar-refractivity contribution < 1.29 is 47.9 Å². The van der Waals surface area contributed by atoms with Crippen molar-refractivity contribution in [1.82, 2.24) is 5.32 Å². The second-order valence-electron chi connectivity index (χ2n) is 9.52. The van der Waals surface area contributed by atoms with Gasteiger partial charge in [0.05, 0.1) is 19.8 Å². The summed E-state index contributed by atoms with van der Waals surface area (Å²) in [6, 6.07) is -1.30. The second kappa shape index (κ2) is 8.19. The summed E-state index contributed by atoms with van der Waals surface area (Å²) >= 11 is 0. The maximum Gasteiger partial charge on any atom is 0.408 e. The SMILES string of the molecule is COC(=O)[C@H](C[C@]1(C(=O)O)C[C@H]2OC[C@H]3OC(C)(C)O[C@H]3[C@H]2O1)NC(=O)OC(C)(C)C. The number of carbonyl (C=O) groups excluding carboxylic acids is 2. The lowest BCUT2D eigenvalue weighted by atomic mass is 9.89. The number of esters is 1. The van der Waals surface area contributed by atoms with E-state index >= 15 is 0 Å². The van der Waals surface area contributed by atoms with Crippen LogP contribution in [0.1, 0.15) is 47.5 Å². The predicted molar refractivity (Wildman–Crippen MR) is 103 cm³/mol. The molecule has 0 aromatic carbocycles. The lowest BCUT2D eigenvalue weighted by molar-refractivity contribution is -0.187. The number of carboxylic acid groups (broad SMARTS) is 1. The van der Waals surface area contributed by atoms with Gasteiger partial charge in [-0.05, 0) is 34.6 Å². The van der Waals surface area contributed by atoms with Crippen LogP contribution >= 0.6 is 0 Å². The van der Waals surface area contributed by atoms with Gasteiger partial charge in [0.2, 0.25) is 0 Å². The third kappa shape index (κ3) is 5.11. The van der Waals surface area contributed by atoms with E-state index in [1.807, 2.05) is 0 Å². The summed E-state index contributed by atoms with van der Waals surface area (Å²) in [4.78, 5) is 36.8. The van der Waals surface area contributed by atoms with Gasteiger partial charge in [-0.1, -0.05) is 0 Å². The number of amides is 1. The van der Waals surface area contributed by atoms with Gasteiger partial charge in [0, 0.05) is 12.8 Å². The van der Waals surface area contributed by atoms with Gasteiger partial charge in [-0.3, -0.25) is 0 Å². The Balaban J connectivity index is 1.79. The van der Waals surface area contributed by atoms with Crippen molar-refractivity contribution >= 4 is 18.0 Å². The van der Waals surface area contributed by atoms with Crippen molar-refractivity contribution in [2.45, 2.75) is 94.9 Å². The standard InChI is InChI=1S/C20H31NO10/c1-18(2,3)31-17(25)21-10(15(22)26-6)7-20(16(23)24)8-11-13(30-20)14-12(9-27-11)28-19(4,5)29-14/h10-14H,7-9H2,1-6H3,(H,21,25)(H,23,24)/t10-,11+,12+,13-,14+,20+/m0/s1. The Morgan fingerprint density at radius 2 is 1.77 bits per heavy atom. The number of aliphatic carboxylic acids is 1. The Morgan fingerprint density at radius 1 is 1.13 bits per heavy atom. The van der Waals surface area contributed by atoms with Crippen LogP contribution in [-0.4, -0.2) is 84.3 Å². The summed E-state index contributed by atoms with van der Waals surface area (Å²) < 4.78 is 33.5. The van der Waals surface area contributed by atoms with Crippen LogP contribution in [0.4, 0.5) is 4.79 Å². The zero-order valence-electron chi connectivity index (χ0n) is 18.6. The first-order chi connectivity index (χ1) is 14.3. The van der Waals surface area contributed by atoms with E-state index in [0.717, 1.165) is 7.11 Å². The van der Waals surface area contributed by atoms with Gasteiger partial charge in [0.15, 0.2) is 11.4 Å². The number of rotatable bonds is 5. The number of carboxylic acids is 1. The first kappa shape index (κ1) is 23.7. The molecule has 0 aliphatic carbocycles. The fourth-order valence-electron chi connectivity index (χ4n) is 4.22. The predicted octanol–water partition coefficient (Wildman–Crippen LogP) is 0.974. The highest BCUT2D eigenvalue weighted by atomic mass is 16.8. The number of fused-ring (bicyclic) bond motifs is 3. The van der Waals surface area contributed by atoms with Crippen LogP contribution in [0.25, 0.3) is 0 Å². The topological polar surface area (TPSA) is 139 Å². The lowest BCUT2D eigenvalue weighted by Crippen LogP contribution is -2.52. The van der Waals surface area contributed by atoms with E-state index in [-0.39, 0.29) is 19.4 Å². The molecule has 1 amide bonds. The van der Waals surface area contributed by atoms with Gasteiger partial charge in [-0.15, -0.1) is 0 Å². The molecule has 0 saturated carbocycles. The van der Waals surface area contributed by atoms with Crippen LogP contribution in [0.3, 0.4) is 0 Å². The molecule has 11 heteroatoms. The summed E-state index contributed by atoms with van der Waals surface area (Å²) in [5, 5.41) is 12.4. The Bertz CT molecular complexity index is 732. The molecule has 0 bridgehead atoms. The molecule has 0 aromatic heterocycles. The molecule has 6 atom stereocenters. The molecule has 0 radical (unpaired) electrons. The average molecular weight is 445 g/mol. The quantitative estimate of drug-likeness (QED) is 0.589. The molecule has 3 fully saturated rings. The third-order valence-electron chi connectivity index (χ3n) is 5.38. The Hall–Kier alpha value is -1.95. The highest BCUT2D eigenvalue weighted by Gasteiger charge is 2.62. The van der Waals surface area contributed by atoms with Crippen molar-refractivity contribution in [1.29, 1.82) is 0 Å². The number of alkyl carbamates (subject to hydrolysis) is 1. The minimum Gasteiger partial charge on any atom is -0.479 e. The molecule has 0 spiro atoms. The van der Waals surface area contributed by atoms with Gasteiger partial charge in [0.1, 0.15) is 30.0 Å². The fourth-order valence-corrected chi connectivity index (χ4v) is 4.22. The molecular weight excluding hydrogens is 414 g/mol. The molecule has 0 unspecified atom stereocenters. The average Bonchev–Trinajstić information content (AvgIpc) is 3.15. The highest BCUT2D eigenvalue weighted by molar-refractivity contribution is 5.84. The second-order valence-corrected chi connectivity index (χ2v) is 9.52. The molecule has 11 nitrogen and oxygen atoms in total. The summed E-state index contributed by atoms with van der Waals surface area (Å²) in [5.74, 6) is -2.94. The normalized spacial score (nSPS) is 34.9. The zero-order valence-corrected chi connectivity index (χ0v) is 18.6. The van der Waals surface area contributed by atoms with E-state index < -0.39 is 65.5 Å². The minimum absolute atomic E-state index is 0.0243. The van der Waals surface area contributed by atoms with Crippen molar-refractivity contribution in [2.75, 3.05) is 13.7 Å². The molecule has 2 N–H and O–H groups in total. The zero-order chi connectivity index (χ0) is 23.2. The fraction of sp³-hybridized carbons (Fsp3) is 0.850. The number of carbonyl (C=O) groups is 3. The molecule has 3 aliphatic heterocycles. The summed E-state index contributed by atoms with van der Waals surface area (Å²) in [7, 11) is 1.15. The Labute approximate surface area is 180 Å². The summed E-state index contributed by atoms with van der Waals surface area (Å²) in [5.41, 5.74) is -2.60. The number of hydrogen-bond donors (Lipinski definition) is 2. The Kier molecular flexibility index (Phi) is 6.27. The molecule has 176 valence electrons. The van der Waals surface area contributed by atoms with E-state index in [2.05, 4.69) is 5.32 Å². The van der Waals surface area contributed by atoms with Crippen LogP contribution in [0.15, 0.2) is 0 Å². The largest absolute Gasteiger partial charge is 0.479 e. The highest BCUT2D eigenvalue weighted by Crippen LogP contribution is 2.45.